The van der Waals surface area contributed by atoms with Gasteiger partial charge in [-0.1, -0.05) is 29.8 Å². The van der Waals surface area contributed by atoms with Crippen LogP contribution in [0.25, 0.3) is 0 Å². The molecule has 124 valence electrons. The minimum absolute atomic E-state index is 0.0114. The standard InChI is InChI=1S/C16H22ClN5O/c1-11-9-15(22(4)20-11)19-16(23)18-10-14(21(2)3)12-7-5-6-8-13(12)17/h5-9,14H,10H2,1-4H3,(H2,18,19,23)/t14-/m0/s1. The Morgan fingerprint density at radius 1 is 1.39 bits per heavy atom. The molecule has 1 atom stereocenters. The Balaban J connectivity index is 2.00. The molecule has 2 rings (SSSR count). The van der Waals surface area contributed by atoms with Gasteiger partial charge in [-0.15, -0.1) is 0 Å². The highest BCUT2D eigenvalue weighted by atomic mass is 35.5. The molecule has 6 nitrogen and oxygen atoms in total. The van der Waals surface area contributed by atoms with Gasteiger partial charge in [0.25, 0.3) is 0 Å². The third-order valence-electron chi connectivity index (χ3n) is 3.59. The first-order chi connectivity index (χ1) is 10.9. The normalized spacial score (nSPS) is 12.3. The predicted molar refractivity (Wildman–Crippen MR) is 92.8 cm³/mol. The predicted octanol–water partition coefficient (Wildman–Crippen LogP) is 2.81. The maximum Gasteiger partial charge on any atom is 0.320 e. The van der Waals surface area contributed by atoms with Crippen LogP contribution in [0.1, 0.15) is 17.3 Å². The van der Waals surface area contributed by atoms with Crippen molar-refractivity contribution in [3.05, 3.63) is 46.6 Å². The average molecular weight is 336 g/mol. The Labute approximate surface area is 141 Å². The van der Waals surface area contributed by atoms with Crippen molar-refractivity contribution >= 4 is 23.4 Å². The van der Waals surface area contributed by atoms with E-state index >= 15 is 0 Å². The van der Waals surface area contributed by atoms with E-state index in [1.54, 1.807) is 11.7 Å². The number of carbonyl (C=O) groups is 1. The van der Waals surface area contributed by atoms with Crippen LogP contribution in [0, 0.1) is 6.92 Å². The first kappa shape index (κ1) is 17.3. The molecule has 0 unspecified atom stereocenters. The molecule has 2 aromatic rings. The summed E-state index contributed by atoms with van der Waals surface area (Å²) >= 11 is 6.27. The zero-order chi connectivity index (χ0) is 17.0. The van der Waals surface area contributed by atoms with Gasteiger partial charge in [-0.3, -0.25) is 10.00 Å². The topological polar surface area (TPSA) is 62.2 Å². The SMILES string of the molecule is Cc1cc(NC(=O)NC[C@@H](c2ccccc2Cl)N(C)C)n(C)n1. The molecule has 0 spiro atoms. The quantitative estimate of drug-likeness (QED) is 0.883. The van der Waals surface area contributed by atoms with E-state index in [0.717, 1.165) is 11.3 Å². The summed E-state index contributed by atoms with van der Waals surface area (Å²) < 4.78 is 1.63. The number of hydrogen-bond acceptors (Lipinski definition) is 3. The highest BCUT2D eigenvalue weighted by Crippen LogP contribution is 2.25. The number of anilines is 1. The number of likely N-dealkylation sites (N-methyl/N-ethyl adjacent to an activating group) is 1. The second kappa shape index (κ2) is 7.48. The van der Waals surface area contributed by atoms with Crippen LogP contribution < -0.4 is 10.6 Å². The van der Waals surface area contributed by atoms with E-state index in [2.05, 4.69) is 15.7 Å². The van der Waals surface area contributed by atoms with Crippen LogP contribution in [0.5, 0.6) is 0 Å². The van der Waals surface area contributed by atoms with Crippen molar-refractivity contribution < 1.29 is 4.79 Å². The maximum atomic E-state index is 12.1. The second-order valence-electron chi connectivity index (χ2n) is 5.63. The van der Waals surface area contributed by atoms with Crippen molar-refractivity contribution in [2.45, 2.75) is 13.0 Å². The first-order valence-electron chi connectivity index (χ1n) is 7.35. The highest BCUT2D eigenvalue weighted by molar-refractivity contribution is 6.31. The zero-order valence-corrected chi connectivity index (χ0v) is 14.6. The molecule has 1 aromatic heterocycles. The maximum absolute atomic E-state index is 12.1. The van der Waals surface area contributed by atoms with Crippen molar-refractivity contribution in [1.29, 1.82) is 0 Å². The summed E-state index contributed by atoms with van der Waals surface area (Å²) in [6, 6.07) is 9.19. The Morgan fingerprint density at radius 3 is 2.65 bits per heavy atom. The van der Waals surface area contributed by atoms with Crippen LogP contribution in [-0.4, -0.2) is 41.4 Å². The first-order valence-corrected chi connectivity index (χ1v) is 7.72. The summed E-state index contributed by atoms with van der Waals surface area (Å²) in [7, 11) is 5.70. The monoisotopic (exact) mass is 335 g/mol. The highest BCUT2D eigenvalue weighted by Gasteiger charge is 2.18. The number of rotatable bonds is 5. The van der Waals surface area contributed by atoms with E-state index in [9.17, 15) is 4.79 Å². The third kappa shape index (κ3) is 4.46. The lowest BCUT2D eigenvalue weighted by atomic mass is 10.1. The molecule has 0 saturated carbocycles. The molecule has 0 aliphatic carbocycles. The van der Waals surface area contributed by atoms with Crippen LogP contribution in [0.4, 0.5) is 10.6 Å². The number of nitrogens with one attached hydrogen (secondary N) is 2. The van der Waals surface area contributed by atoms with Gasteiger partial charge in [0.1, 0.15) is 5.82 Å². The summed E-state index contributed by atoms with van der Waals surface area (Å²) in [5.74, 6) is 0.652. The minimum atomic E-state index is -0.271. The number of nitrogens with zero attached hydrogens (tertiary/aromatic N) is 3. The molecule has 0 radical (unpaired) electrons. The van der Waals surface area contributed by atoms with Gasteiger partial charge in [0.05, 0.1) is 11.7 Å². The van der Waals surface area contributed by atoms with Gasteiger partial charge in [0.2, 0.25) is 0 Å². The Kier molecular flexibility index (Phi) is 5.63. The van der Waals surface area contributed by atoms with Gasteiger partial charge in [0.15, 0.2) is 0 Å². The number of benzene rings is 1. The largest absolute Gasteiger partial charge is 0.336 e. The molecule has 2 N–H and O–H groups in total. The average Bonchev–Trinajstić information content (AvgIpc) is 2.78. The van der Waals surface area contributed by atoms with Crippen LogP contribution >= 0.6 is 11.6 Å². The summed E-state index contributed by atoms with van der Waals surface area (Å²) in [5, 5.41) is 10.6. The minimum Gasteiger partial charge on any atom is -0.336 e. The summed E-state index contributed by atoms with van der Waals surface area (Å²) in [5.41, 5.74) is 1.83. The van der Waals surface area contributed by atoms with Gasteiger partial charge in [-0.2, -0.15) is 5.10 Å². The summed E-state index contributed by atoms with van der Waals surface area (Å²) in [6.45, 7) is 2.32. The number of aromatic nitrogens is 2. The number of amides is 2. The van der Waals surface area contributed by atoms with E-state index in [4.69, 9.17) is 11.6 Å². The number of urea groups is 1. The van der Waals surface area contributed by atoms with Crippen LogP contribution in [-0.2, 0) is 7.05 Å². The van der Waals surface area contributed by atoms with Crippen molar-refractivity contribution in [1.82, 2.24) is 20.0 Å². The fourth-order valence-electron chi connectivity index (χ4n) is 2.39. The lowest BCUT2D eigenvalue weighted by Gasteiger charge is -2.26. The second-order valence-corrected chi connectivity index (χ2v) is 6.04. The van der Waals surface area contributed by atoms with Crippen molar-refractivity contribution in [3.8, 4) is 0 Å². The zero-order valence-electron chi connectivity index (χ0n) is 13.8. The molecule has 7 heteroatoms. The Hall–Kier alpha value is -2.05. The molecule has 23 heavy (non-hydrogen) atoms. The van der Waals surface area contributed by atoms with Crippen LogP contribution in [0.15, 0.2) is 30.3 Å². The van der Waals surface area contributed by atoms with E-state index in [1.807, 2.05) is 56.3 Å². The molecular formula is C16H22ClN5O. The number of hydrogen-bond donors (Lipinski definition) is 2. The fourth-order valence-corrected chi connectivity index (χ4v) is 2.66. The smallest absolute Gasteiger partial charge is 0.320 e. The van der Waals surface area contributed by atoms with Gasteiger partial charge in [-0.25, -0.2) is 4.79 Å². The lowest BCUT2D eigenvalue weighted by molar-refractivity contribution is 0.243. The van der Waals surface area contributed by atoms with Crippen molar-refractivity contribution in [2.24, 2.45) is 7.05 Å². The van der Waals surface area contributed by atoms with E-state index in [0.29, 0.717) is 17.4 Å². The Morgan fingerprint density at radius 2 is 2.09 bits per heavy atom. The molecule has 0 aliphatic rings. The molecule has 0 aliphatic heterocycles. The van der Waals surface area contributed by atoms with E-state index in [1.165, 1.54) is 0 Å². The van der Waals surface area contributed by atoms with Gasteiger partial charge >= 0.3 is 6.03 Å². The summed E-state index contributed by atoms with van der Waals surface area (Å²) in [6.07, 6.45) is 0. The van der Waals surface area contributed by atoms with Crippen LogP contribution in [0.3, 0.4) is 0 Å². The van der Waals surface area contributed by atoms with E-state index < -0.39 is 0 Å². The molecular weight excluding hydrogens is 314 g/mol. The molecule has 1 heterocycles. The van der Waals surface area contributed by atoms with Crippen LogP contribution in [0.2, 0.25) is 5.02 Å². The molecule has 1 aromatic carbocycles. The number of halogens is 1. The third-order valence-corrected chi connectivity index (χ3v) is 3.93. The molecule has 0 fully saturated rings. The van der Waals surface area contributed by atoms with Crippen molar-refractivity contribution in [3.63, 3.8) is 0 Å². The fraction of sp³-hybridized carbons (Fsp3) is 0.375. The van der Waals surface area contributed by atoms with Gasteiger partial charge < -0.3 is 10.2 Å². The van der Waals surface area contributed by atoms with Gasteiger partial charge in [0, 0.05) is 24.7 Å². The Bertz CT molecular complexity index is 683. The van der Waals surface area contributed by atoms with E-state index in [-0.39, 0.29) is 12.1 Å². The summed E-state index contributed by atoms with van der Waals surface area (Å²) in [4.78, 5) is 14.1. The van der Waals surface area contributed by atoms with Crippen molar-refractivity contribution in [2.75, 3.05) is 26.0 Å². The molecule has 0 saturated heterocycles. The lowest BCUT2D eigenvalue weighted by Crippen LogP contribution is -2.37. The number of carbonyl (C=O) groups excluding carboxylic acids is 1. The molecule has 2 amide bonds. The van der Waals surface area contributed by atoms with Gasteiger partial charge in [-0.05, 0) is 32.6 Å². The molecule has 0 bridgehead atoms. The number of aryl methyl sites for hydroxylation is 2.